The standard InChI is InChI=1S/C12H12BrN3O3S.C12H13N3O3S/c1-18-7-16-6-9(13)20-12(16)15-10-5-3-4-8(14-10)11(17)19-2;1-17-8-15-6-7-19-12(15)14-10-5-3-4-9(13-10)11(16)18-2/h3-6H,7H2,1-2H3;3-7H,8H2,1-2H3. The highest BCUT2D eigenvalue weighted by molar-refractivity contribution is 9.11. The van der Waals surface area contributed by atoms with Crippen LogP contribution in [0, 0.1) is 0 Å². The highest BCUT2D eigenvalue weighted by atomic mass is 79.9. The number of aromatic nitrogens is 4. The number of esters is 2. The summed E-state index contributed by atoms with van der Waals surface area (Å²) >= 11 is 6.31. The fourth-order valence-corrected chi connectivity index (χ4v) is 5.02. The molecular formula is C24H25BrN6O6S2. The number of thiazole rings is 2. The van der Waals surface area contributed by atoms with Crippen molar-refractivity contribution in [2.45, 2.75) is 13.5 Å². The molecule has 0 aliphatic carbocycles. The quantitative estimate of drug-likeness (QED) is 0.266. The van der Waals surface area contributed by atoms with Crippen LogP contribution >= 0.6 is 38.6 Å². The number of nitrogens with zero attached hydrogens (tertiary/aromatic N) is 6. The number of pyridine rings is 2. The fraction of sp³-hybridized carbons (Fsp3) is 0.250. The van der Waals surface area contributed by atoms with Crippen molar-refractivity contribution >= 4 is 62.2 Å². The van der Waals surface area contributed by atoms with Gasteiger partial charge in [-0.3, -0.25) is 9.13 Å². The van der Waals surface area contributed by atoms with Crippen LogP contribution < -0.4 is 9.60 Å². The van der Waals surface area contributed by atoms with Crippen molar-refractivity contribution < 1.29 is 28.5 Å². The molecule has 0 spiro atoms. The van der Waals surface area contributed by atoms with Crippen molar-refractivity contribution in [3.05, 3.63) is 78.9 Å². The molecule has 206 valence electrons. The molecule has 0 atom stereocenters. The second-order valence-corrected chi connectivity index (χ2v) is 10.5. The summed E-state index contributed by atoms with van der Waals surface area (Å²) in [5, 5.41) is 1.90. The van der Waals surface area contributed by atoms with E-state index in [2.05, 4.69) is 45.4 Å². The van der Waals surface area contributed by atoms with Crippen LogP contribution in [0.5, 0.6) is 0 Å². The number of halogens is 1. The van der Waals surface area contributed by atoms with Gasteiger partial charge in [0.25, 0.3) is 0 Å². The van der Waals surface area contributed by atoms with E-state index in [-0.39, 0.29) is 11.4 Å². The van der Waals surface area contributed by atoms with E-state index in [1.165, 1.54) is 36.9 Å². The Bertz CT molecular complexity index is 1540. The number of methoxy groups -OCH3 is 4. The average molecular weight is 638 g/mol. The molecule has 0 saturated heterocycles. The van der Waals surface area contributed by atoms with Gasteiger partial charge in [0.1, 0.15) is 13.5 Å². The van der Waals surface area contributed by atoms with E-state index >= 15 is 0 Å². The minimum absolute atomic E-state index is 0.225. The van der Waals surface area contributed by atoms with Crippen molar-refractivity contribution in [3.8, 4) is 0 Å². The highest BCUT2D eigenvalue weighted by Gasteiger charge is 2.08. The van der Waals surface area contributed by atoms with Gasteiger partial charge in [0.15, 0.2) is 32.6 Å². The molecule has 4 heterocycles. The number of rotatable bonds is 8. The molecule has 0 aromatic carbocycles. The first-order valence-electron chi connectivity index (χ1n) is 11.1. The Morgan fingerprint density at radius 1 is 0.846 bits per heavy atom. The van der Waals surface area contributed by atoms with E-state index in [0.717, 1.165) is 8.59 Å². The van der Waals surface area contributed by atoms with E-state index in [9.17, 15) is 9.59 Å². The van der Waals surface area contributed by atoms with Crippen molar-refractivity contribution in [2.24, 2.45) is 9.98 Å². The molecule has 0 bridgehead atoms. The normalized spacial score (nSPS) is 11.6. The molecule has 0 radical (unpaired) electrons. The zero-order valence-corrected chi connectivity index (χ0v) is 24.7. The van der Waals surface area contributed by atoms with Gasteiger partial charge in [0, 0.05) is 32.0 Å². The maximum atomic E-state index is 11.4. The molecule has 0 fully saturated rings. The molecule has 0 aliphatic rings. The second kappa shape index (κ2) is 15.2. The molecule has 15 heteroatoms. The van der Waals surface area contributed by atoms with Gasteiger partial charge in [-0.25, -0.2) is 29.5 Å². The van der Waals surface area contributed by atoms with E-state index < -0.39 is 11.9 Å². The van der Waals surface area contributed by atoms with E-state index in [1.807, 2.05) is 26.9 Å². The van der Waals surface area contributed by atoms with Crippen LogP contribution in [-0.4, -0.2) is 59.5 Å². The van der Waals surface area contributed by atoms with Gasteiger partial charge in [-0.2, -0.15) is 0 Å². The Morgan fingerprint density at radius 2 is 1.38 bits per heavy atom. The number of carbonyl (C=O) groups excluding carboxylic acids is 2. The molecule has 0 unspecified atom stereocenters. The number of ether oxygens (including phenoxy) is 4. The lowest BCUT2D eigenvalue weighted by Crippen LogP contribution is -2.14. The Labute approximate surface area is 240 Å². The summed E-state index contributed by atoms with van der Waals surface area (Å²) in [5.41, 5.74) is 0.460. The lowest BCUT2D eigenvalue weighted by molar-refractivity contribution is 0.0585. The third-order valence-corrected chi connectivity index (χ3v) is 6.86. The summed E-state index contributed by atoms with van der Waals surface area (Å²) < 4.78 is 24.0. The van der Waals surface area contributed by atoms with Crippen LogP contribution in [0.4, 0.5) is 11.6 Å². The van der Waals surface area contributed by atoms with Crippen molar-refractivity contribution in [1.82, 2.24) is 19.1 Å². The van der Waals surface area contributed by atoms with Gasteiger partial charge in [-0.05, 0) is 40.2 Å². The topological polar surface area (TPSA) is 131 Å². The predicted molar refractivity (Wildman–Crippen MR) is 148 cm³/mol. The molecule has 4 aromatic rings. The summed E-state index contributed by atoms with van der Waals surface area (Å²) in [6, 6.07) is 10.0. The van der Waals surface area contributed by atoms with E-state index in [4.69, 9.17) is 9.47 Å². The first kappa shape index (κ1) is 30.0. The van der Waals surface area contributed by atoms with Gasteiger partial charge < -0.3 is 18.9 Å². The predicted octanol–water partition coefficient (Wildman–Crippen LogP) is 3.90. The molecule has 0 aliphatic heterocycles. The number of hydrogen-bond donors (Lipinski definition) is 0. The van der Waals surface area contributed by atoms with E-state index in [1.54, 1.807) is 50.6 Å². The van der Waals surface area contributed by atoms with Crippen LogP contribution in [0.3, 0.4) is 0 Å². The van der Waals surface area contributed by atoms with Crippen LogP contribution in [-0.2, 0) is 32.4 Å². The summed E-state index contributed by atoms with van der Waals surface area (Å²) in [6.45, 7) is 0.802. The zero-order valence-electron chi connectivity index (χ0n) is 21.4. The number of carbonyl (C=O) groups is 2. The first-order chi connectivity index (χ1) is 18.9. The lowest BCUT2D eigenvalue weighted by Gasteiger charge is -2.00. The summed E-state index contributed by atoms with van der Waals surface area (Å²) in [5.74, 6) is -0.0746. The smallest absolute Gasteiger partial charge is 0.356 e. The average Bonchev–Trinajstić information content (AvgIpc) is 3.53. The number of hydrogen-bond acceptors (Lipinski definition) is 12. The molecular weight excluding hydrogens is 612 g/mol. The Balaban J connectivity index is 0.000000216. The SMILES string of the molecule is COCn1cc(Br)sc1=Nc1cccc(C(=O)OC)n1.COCn1ccsc1=Nc1cccc(C(=O)OC)n1. The Morgan fingerprint density at radius 3 is 1.92 bits per heavy atom. The summed E-state index contributed by atoms with van der Waals surface area (Å²) in [6.07, 6.45) is 3.74. The molecule has 4 aromatic heterocycles. The third kappa shape index (κ3) is 8.76. The van der Waals surface area contributed by atoms with Crippen LogP contribution in [0.2, 0.25) is 0 Å². The van der Waals surface area contributed by atoms with Crippen molar-refractivity contribution in [1.29, 1.82) is 0 Å². The minimum Gasteiger partial charge on any atom is -0.464 e. The van der Waals surface area contributed by atoms with Gasteiger partial charge in [0.05, 0.1) is 18.0 Å². The third-order valence-electron chi connectivity index (χ3n) is 4.57. The first-order valence-corrected chi connectivity index (χ1v) is 13.5. The molecule has 0 amide bonds. The largest absolute Gasteiger partial charge is 0.464 e. The molecule has 4 rings (SSSR count). The second-order valence-electron chi connectivity index (χ2n) is 7.25. The highest BCUT2D eigenvalue weighted by Crippen LogP contribution is 2.15. The van der Waals surface area contributed by atoms with Gasteiger partial charge in [-0.15, -0.1) is 11.3 Å². The maximum absolute atomic E-state index is 11.4. The summed E-state index contributed by atoms with van der Waals surface area (Å²) in [4.78, 5) is 41.4. The Hall–Kier alpha value is -3.50. The van der Waals surface area contributed by atoms with Crippen LogP contribution in [0.1, 0.15) is 21.0 Å². The maximum Gasteiger partial charge on any atom is 0.356 e. The molecule has 12 nitrogen and oxygen atoms in total. The van der Waals surface area contributed by atoms with Crippen molar-refractivity contribution in [2.75, 3.05) is 28.4 Å². The Kier molecular flexibility index (Phi) is 11.7. The molecule has 0 saturated carbocycles. The zero-order chi connectivity index (χ0) is 28.2. The fourth-order valence-electron chi connectivity index (χ4n) is 2.90. The monoisotopic (exact) mass is 636 g/mol. The van der Waals surface area contributed by atoms with Gasteiger partial charge in [0.2, 0.25) is 0 Å². The van der Waals surface area contributed by atoms with E-state index in [0.29, 0.717) is 29.9 Å². The molecule has 0 N–H and O–H groups in total. The van der Waals surface area contributed by atoms with Gasteiger partial charge in [-0.1, -0.05) is 23.5 Å². The molecule has 39 heavy (non-hydrogen) atoms. The van der Waals surface area contributed by atoms with Crippen LogP contribution in [0.25, 0.3) is 0 Å². The van der Waals surface area contributed by atoms with Gasteiger partial charge >= 0.3 is 11.9 Å². The summed E-state index contributed by atoms with van der Waals surface area (Å²) in [7, 11) is 5.86. The lowest BCUT2D eigenvalue weighted by atomic mass is 10.3. The van der Waals surface area contributed by atoms with Crippen molar-refractivity contribution in [3.63, 3.8) is 0 Å². The minimum atomic E-state index is -0.487. The van der Waals surface area contributed by atoms with Crippen LogP contribution in [0.15, 0.2) is 67.9 Å².